The molecule has 1 fully saturated rings. The maximum Gasteiger partial charge on any atom is 0.329 e. The first-order chi connectivity index (χ1) is 9.54. The summed E-state index contributed by atoms with van der Waals surface area (Å²) in [5.41, 5.74) is -0.169. The summed E-state index contributed by atoms with van der Waals surface area (Å²) in [6.45, 7) is 4.53. The number of ether oxygens (including phenoxy) is 1. The van der Waals surface area contributed by atoms with Crippen LogP contribution in [0.3, 0.4) is 0 Å². The Labute approximate surface area is 122 Å². The van der Waals surface area contributed by atoms with E-state index in [-0.39, 0.29) is 29.3 Å². The fourth-order valence-corrected chi connectivity index (χ4v) is 3.20. The normalized spacial score (nSPS) is 17.6. The van der Waals surface area contributed by atoms with E-state index in [1.807, 2.05) is 13.8 Å². The number of aromatic amines is 1. The van der Waals surface area contributed by atoms with Crippen molar-refractivity contribution in [2.45, 2.75) is 58.1 Å². The van der Waals surface area contributed by atoms with Crippen LogP contribution in [0.2, 0.25) is 5.15 Å². The van der Waals surface area contributed by atoms with Gasteiger partial charge in [-0.2, -0.15) is 0 Å². The second kappa shape index (κ2) is 6.59. The largest absolute Gasteiger partial charge is 0.377 e. The molecule has 1 aliphatic carbocycles. The van der Waals surface area contributed by atoms with Crippen molar-refractivity contribution in [3.8, 4) is 0 Å². The highest BCUT2D eigenvalue weighted by Gasteiger charge is 2.25. The Morgan fingerprint density at radius 2 is 2.05 bits per heavy atom. The first kappa shape index (κ1) is 15.3. The van der Waals surface area contributed by atoms with Gasteiger partial charge in [0.15, 0.2) is 0 Å². The predicted molar refractivity (Wildman–Crippen MR) is 78.6 cm³/mol. The summed E-state index contributed by atoms with van der Waals surface area (Å²) in [4.78, 5) is 27.1. The van der Waals surface area contributed by atoms with Crippen molar-refractivity contribution in [3.05, 3.63) is 31.6 Å². The number of rotatable bonds is 5. The van der Waals surface area contributed by atoms with E-state index < -0.39 is 5.69 Å². The average molecular weight is 301 g/mol. The highest BCUT2D eigenvalue weighted by Crippen LogP contribution is 2.34. The molecule has 1 atom stereocenters. The summed E-state index contributed by atoms with van der Waals surface area (Å²) < 4.78 is 6.61. The Kier molecular flexibility index (Phi) is 5.05. The van der Waals surface area contributed by atoms with E-state index in [1.54, 1.807) is 0 Å². The van der Waals surface area contributed by atoms with Gasteiger partial charge in [-0.25, -0.2) is 4.79 Å². The number of halogens is 1. The summed E-state index contributed by atoms with van der Waals surface area (Å²) in [6, 6.07) is 0. The zero-order valence-corrected chi connectivity index (χ0v) is 12.7. The number of H-pyrrole nitrogens is 1. The van der Waals surface area contributed by atoms with Crippen LogP contribution >= 0.6 is 11.6 Å². The van der Waals surface area contributed by atoms with Crippen molar-refractivity contribution >= 4 is 11.6 Å². The summed E-state index contributed by atoms with van der Waals surface area (Å²) in [5, 5.41) is 0.201. The molecule has 0 aromatic carbocycles. The van der Waals surface area contributed by atoms with Gasteiger partial charge in [0, 0.05) is 6.61 Å². The molecule has 2 rings (SSSR count). The minimum Gasteiger partial charge on any atom is -0.377 e. The first-order valence-electron chi connectivity index (χ1n) is 7.18. The van der Waals surface area contributed by atoms with E-state index in [0.29, 0.717) is 12.2 Å². The van der Waals surface area contributed by atoms with Crippen molar-refractivity contribution in [1.82, 2.24) is 9.55 Å². The maximum absolute atomic E-state index is 12.5. The molecular formula is C14H21ClN2O3. The zero-order chi connectivity index (χ0) is 14.7. The van der Waals surface area contributed by atoms with E-state index in [0.717, 1.165) is 25.7 Å². The van der Waals surface area contributed by atoms with Gasteiger partial charge in [0.2, 0.25) is 0 Å². The Hall–Kier alpha value is -1.07. The maximum atomic E-state index is 12.5. The van der Waals surface area contributed by atoms with Crippen molar-refractivity contribution in [1.29, 1.82) is 0 Å². The fraction of sp³-hybridized carbons (Fsp3) is 0.714. The summed E-state index contributed by atoms with van der Waals surface area (Å²) in [7, 11) is 0. The summed E-state index contributed by atoms with van der Waals surface area (Å²) in [6.07, 6.45) is 3.95. The third kappa shape index (κ3) is 3.15. The number of hydrogen-bond donors (Lipinski definition) is 1. The molecule has 1 heterocycles. The van der Waals surface area contributed by atoms with Crippen molar-refractivity contribution in [2.75, 3.05) is 6.61 Å². The predicted octanol–water partition coefficient (Wildman–Crippen LogP) is 2.27. The van der Waals surface area contributed by atoms with E-state index in [1.165, 1.54) is 4.57 Å². The second-order valence-corrected chi connectivity index (χ2v) is 5.70. The van der Waals surface area contributed by atoms with Crippen LogP contribution in [0.25, 0.3) is 0 Å². The molecule has 5 nitrogen and oxygen atoms in total. The molecule has 0 saturated heterocycles. The van der Waals surface area contributed by atoms with Gasteiger partial charge in [0.1, 0.15) is 5.15 Å². The summed E-state index contributed by atoms with van der Waals surface area (Å²) in [5.74, 6) is 0.167. The van der Waals surface area contributed by atoms with Gasteiger partial charge in [-0.15, -0.1) is 0 Å². The van der Waals surface area contributed by atoms with Crippen molar-refractivity contribution in [2.24, 2.45) is 0 Å². The molecule has 1 aliphatic rings. The van der Waals surface area contributed by atoms with Gasteiger partial charge < -0.3 is 4.74 Å². The Bertz CT molecular complexity index is 573. The number of nitrogens with zero attached hydrogens (tertiary/aromatic N) is 1. The lowest BCUT2D eigenvalue weighted by Crippen LogP contribution is -2.40. The number of aromatic nitrogens is 2. The Balaban J connectivity index is 2.39. The average Bonchev–Trinajstić information content (AvgIpc) is 2.88. The molecule has 1 aromatic rings. The van der Waals surface area contributed by atoms with Crippen LogP contribution in [0.5, 0.6) is 0 Å². The molecule has 0 spiro atoms. The van der Waals surface area contributed by atoms with Crippen LogP contribution in [0, 0.1) is 0 Å². The quantitative estimate of drug-likeness (QED) is 0.849. The third-order valence-corrected chi connectivity index (χ3v) is 4.13. The number of hydrogen-bond acceptors (Lipinski definition) is 3. The summed E-state index contributed by atoms with van der Waals surface area (Å²) >= 11 is 6.08. The Morgan fingerprint density at radius 1 is 1.40 bits per heavy atom. The third-order valence-electron chi connectivity index (χ3n) is 3.83. The molecule has 1 aromatic heterocycles. The lowest BCUT2D eigenvalue weighted by atomic mass is 10.0. The van der Waals surface area contributed by atoms with Gasteiger partial charge >= 0.3 is 5.69 Å². The molecular weight excluding hydrogens is 280 g/mol. The van der Waals surface area contributed by atoms with Crippen LogP contribution in [-0.4, -0.2) is 22.3 Å². The van der Waals surface area contributed by atoms with Crippen LogP contribution in [0.4, 0.5) is 0 Å². The van der Waals surface area contributed by atoms with Gasteiger partial charge in [-0.05, 0) is 32.6 Å². The van der Waals surface area contributed by atoms with Crippen molar-refractivity contribution in [3.63, 3.8) is 0 Å². The minimum atomic E-state index is -0.465. The standard InChI is InChI=1S/C14H21ClN2O3/c1-3-20-9(2)8-17-13(18)11(10-6-4-5-7-10)12(15)16-14(17)19/h9-10H,3-8H2,1-2H3,(H,16,19). The van der Waals surface area contributed by atoms with E-state index in [4.69, 9.17) is 16.3 Å². The van der Waals surface area contributed by atoms with Crippen LogP contribution < -0.4 is 11.2 Å². The minimum absolute atomic E-state index is 0.167. The molecule has 1 unspecified atom stereocenters. The fourth-order valence-electron chi connectivity index (χ4n) is 2.89. The van der Waals surface area contributed by atoms with Crippen LogP contribution in [-0.2, 0) is 11.3 Å². The van der Waals surface area contributed by atoms with E-state index >= 15 is 0 Å². The number of nitrogens with one attached hydrogen (secondary N) is 1. The zero-order valence-electron chi connectivity index (χ0n) is 11.9. The molecule has 112 valence electrons. The first-order valence-corrected chi connectivity index (χ1v) is 7.56. The molecule has 1 saturated carbocycles. The van der Waals surface area contributed by atoms with Gasteiger partial charge in [0.25, 0.3) is 5.56 Å². The molecule has 0 bridgehead atoms. The van der Waals surface area contributed by atoms with Gasteiger partial charge in [0.05, 0.1) is 18.2 Å². The van der Waals surface area contributed by atoms with Gasteiger partial charge in [-0.1, -0.05) is 24.4 Å². The lowest BCUT2D eigenvalue weighted by Gasteiger charge is -2.16. The smallest absolute Gasteiger partial charge is 0.329 e. The molecule has 0 aliphatic heterocycles. The topological polar surface area (TPSA) is 64.1 Å². The lowest BCUT2D eigenvalue weighted by molar-refractivity contribution is 0.0622. The van der Waals surface area contributed by atoms with Crippen LogP contribution in [0.15, 0.2) is 9.59 Å². The Morgan fingerprint density at radius 3 is 2.65 bits per heavy atom. The van der Waals surface area contributed by atoms with E-state index in [9.17, 15) is 9.59 Å². The highest BCUT2D eigenvalue weighted by molar-refractivity contribution is 6.30. The molecule has 1 N–H and O–H groups in total. The second-order valence-electron chi connectivity index (χ2n) is 5.32. The molecule has 20 heavy (non-hydrogen) atoms. The van der Waals surface area contributed by atoms with Crippen molar-refractivity contribution < 1.29 is 4.74 Å². The monoisotopic (exact) mass is 300 g/mol. The highest BCUT2D eigenvalue weighted by atomic mass is 35.5. The van der Waals surface area contributed by atoms with Crippen LogP contribution in [0.1, 0.15) is 51.0 Å². The molecule has 6 heteroatoms. The van der Waals surface area contributed by atoms with Gasteiger partial charge in [-0.3, -0.25) is 14.3 Å². The SMILES string of the molecule is CCOC(C)Cn1c(=O)[nH]c(Cl)c(C2CCCC2)c1=O. The molecule has 0 radical (unpaired) electrons. The molecule has 0 amide bonds. The van der Waals surface area contributed by atoms with E-state index in [2.05, 4.69) is 4.98 Å².